The first-order valence-corrected chi connectivity index (χ1v) is 8.96. The second-order valence-electron chi connectivity index (χ2n) is 6.57. The summed E-state index contributed by atoms with van der Waals surface area (Å²) in [5.41, 5.74) is 1.16. The molecule has 1 aliphatic heterocycles. The summed E-state index contributed by atoms with van der Waals surface area (Å²) >= 11 is 6.00. The molecule has 0 bridgehead atoms. The number of benzene rings is 1. The normalized spacial score (nSPS) is 22.6. The molecule has 2 atom stereocenters. The van der Waals surface area contributed by atoms with Crippen molar-refractivity contribution in [3.8, 4) is 0 Å². The molecule has 2 aliphatic rings. The van der Waals surface area contributed by atoms with Crippen LogP contribution in [0.15, 0.2) is 24.3 Å². The number of carbonyl (C=O) groups excluding carboxylic acids is 1. The van der Waals surface area contributed by atoms with Crippen LogP contribution >= 0.6 is 24.0 Å². The zero-order valence-electron chi connectivity index (χ0n) is 13.8. The summed E-state index contributed by atoms with van der Waals surface area (Å²) in [7, 11) is 0. The quantitative estimate of drug-likeness (QED) is 0.831. The average Bonchev–Trinajstić information content (AvgIpc) is 3.09. The molecule has 0 radical (unpaired) electrons. The number of carbonyl (C=O) groups is 1. The van der Waals surface area contributed by atoms with E-state index in [2.05, 4.69) is 10.6 Å². The Bertz CT molecular complexity index is 512. The third kappa shape index (κ3) is 5.35. The van der Waals surface area contributed by atoms with E-state index in [0.29, 0.717) is 18.9 Å². The van der Waals surface area contributed by atoms with Gasteiger partial charge in [-0.3, -0.25) is 4.79 Å². The number of amides is 1. The van der Waals surface area contributed by atoms with E-state index < -0.39 is 0 Å². The van der Waals surface area contributed by atoms with E-state index in [4.69, 9.17) is 16.3 Å². The summed E-state index contributed by atoms with van der Waals surface area (Å²) < 4.78 is 5.43. The van der Waals surface area contributed by atoms with Crippen LogP contribution in [0.25, 0.3) is 0 Å². The van der Waals surface area contributed by atoms with Crippen molar-refractivity contribution in [3.63, 3.8) is 0 Å². The SMILES string of the molecule is Cl.O=C(CC1COCCN1)NC(c1ccc(Cl)cc1)C1CCCC1. The average molecular weight is 373 g/mol. The zero-order chi connectivity index (χ0) is 16.1. The van der Waals surface area contributed by atoms with Crippen molar-refractivity contribution in [1.82, 2.24) is 10.6 Å². The minimum absolute atomic E-state index is 0. The summed E-state index contributed by atoms with van der Waals surface area (Å²) in [5.74, 6) is 0.621. The van der Waals surface area contributed by atoms with Gasteiger partial charge >= 0.3 is 0 Å². The monoisotopic (exact) mass is 372 g/mol. The summed E-state index contributed by atoms with van der Waals surface area (Å²) in [5, 5.41) is 7.33. The summed E-state index contributed by atoms with van der Waals surface area (Å²) in [6.07, 6.45) is 5.33. The molecule has 134 valence electrons. The van der Waals surface area contributed by atoms with Crippen molar-refractivity contribution < 1.29 is 9.53 Å². The highest BCUT2D eigenvalue weighted by atomic mass is 35.5. The summed E-state index contributed by atoms with van der Waals surface area (Å²) in [4.78, 5) is 12.5. The number of nitrogens with one attached hydrogen (secondary N) is 2. The molecule has 2 unspecified atom stereocenters. The number of hydrogen-bond acceptors (Lipinski definition) is 3. The van der Waals surface area contributed by atoms with Gasteiger partial charge in [0.2, 0.25) is 5.91 Å². The van der Waals surface area contributed by atoms with Crippen LogP contribution < -0.4 is 10.6 Å². The lowest BCUT2D eigenvalue weighted by Gasteiger charge is -2.28. The van der Waals surface area contributed by atoms with Crippen LogP contribution in [0.1, 0.15) is 43.7 Å². The second kappa shape index (κ2) is 9.62. The van der Waals surface area contributed by atoms with Gasteiger partial charge in [-0.25, -0.2) is 0 Å². The lowest BCUT2D eigenvalue weighted by atomic mass is 9.91. The smallest absolute Gasteiger partial charge is 0.222 e. The first-order chi connectivity index (χ1) is 11.2. The minimum Gasteiger partial charge on any atom is -0.378 e. The van der Waals surface area contributed by atoms with Gasteiger partial charge in [-0.2, -0.15) is 0 Å². The van der Waals surface area contributed by atoms with Crippen LogP contribution in [-0.4, -0.2) is 31.7 Å². The molecule has 2 N–H and O–H groups in total. The maximum Gasteiger partial charge on any atom is 0.222 e. The van der Waals surface area contributed by atoms with Crippen LogP contribution in [0.3, 0.4) is 0 Å². The van der Waals surface area contributed by atoms with Crippen LogP contribution in [0.5, 0.6) is 0 Å². The van der Waals surface area contributed by atoms with E-state index in [9.17, 15) is 4.79 Å². The third-order valence-corrected chi connectivity index (χ3v) is 5.10. The Kier molecular flexibility index (Phi) is 7.82. The lowest BCUT2D eigenvalue weighted by molar-refractivity contribution is -0.123. The predicted octanol–water partition coefficient (Wildman–Crippen LogP) is 3.49. The Morgan fingerprint density at radius 2 is 2.00 bits per heavy atom. The molecular weight excluding hydrogens is 347 g/mol. The first kappa shape index (κ1) is 19.5. The van der Waals surface area contributed by atoms with E-state index in [1.54, 1.807) is 0 Å². The molecule has 4 nitrogen and oxygen atoms in total. The fourth-order valence-electron chi connectivity index (χ4n) is 3.64. The molecule has 1 aliphatic carbocycles. The molecule has 1 saturated carbocycles. The zero-order valence-corrected chi connectivity index (χ0v) is 15.4. The lowest BCUT2D eigenvalue weighted by Crippen LogP contribution is -2.45. The molecular formula is C18H26Cl2N2O2. The van der Waals surface area contributed by atoms with Crippen molar-refractivity contribution >= 4 is 29.9 Å². The Labute approximate surface area is 155 Å². The summed E-state index contributed by atoms with van der Waals surface area (Å²) in [6, 6.07) is 8.09. The minimum atomic E-state index is 0. The third-order valence-electron chi connectivity index (χ3n) is 4.85. The largest absolute Gasteiger partial charge is 0.378 e. The molecule has 1 aromatic carbocycles. The first-order valence-electron chi connectivity index (χ1n) is 8.58. The van der Waals surface area contributed by atoms with Gasteiger partial charge in [0, 0.05) is 24.0 Å². The fourth-order valence-corrected chi connectivity index (χ4v) is 3.77. The molecule has 2 fully saturated rings. The van der Waals surface area contributed by atoms with E-state index >= 15 is 0 Å². The maximum absolute atomic E-state index is 12.5. The van der Waals surface area contributed by atoms with E-state index in [1.165, 1.54) is 25.7 Å². The van der Waals surface area contributed by atoms with Gasteiger partial charge in [0.15, 0.2) is 0 Å². The molecule has 24 heavy (non-hydrogen) atoms. The molecule has 6 heteroatoms. The number of hydrogen-bond donors (Lipinski definition) is 2. The van der Waals surface area contributed by atoms with Crippen molar-refractivity contribution in [1.29, 1.82) is 0 Å². The standard InChI is InChI=1S/C18H25ClN2O2.ClH/c19-15-7-5-14(6-8-15)18(13-3-1-2-4-13)21-17(22)11-16-12-23-10-9-20-16;/h5-8,13,16,18,20H,1-4,9-12H2,(H,21,22);1H. The van der Waals surface area contributed by atoms with E-state index in [-0.39, 0.29) is 30.4 Å². The Balaban J connectivity index is 0.00000208. The number of ether oxygens (including phenoxy) is 1. The summed E-state index contributed by atoms with van der Waals surface area (Å²) in [6.45, 7) is 2.16. The van der Waals surface area contributed by atoms with Gasteiger partial charge in [0.1, 0.15) is 0 Å². The Morgan fingerprint density at radius 1 is 1.29 bits per heavy atom. The van der Waals surface area contributed by atoms with Gasteiger partial charge in [-0.1, -0.05) is 36.6 Å². The van der Waals surface area contributed by atoms with Gasteiger partial charge in [-0.15, -0.1) is 12.4 Å². The number of rotatable bonds is 5. The van der Waals surface area contributed by atoms with E-state index in [1.807, 2.05) is 24.3 Å². The molecule has 0 spiro atoms. The van der Waals surface area contributed by atoms with Crippen LogP contribution in [0.2, 0.25) is 5.02 Å². The van der Waals surface area contributed by atoms with Gasteiger partial charge in [0.05, 0.1) is 19.3 Å². The predicted molar refractivity (Wildman–Crippen MR) is 98.8 cm³/mol. The molecule has 0 aromatic heterocycles. The van der Waals surface area contributed by atoms with Gasteiger partial charge < -0.3 is 15.4 Å². The highest BCUT2D eigenvalue weighted by Crippen LogP contribution is 2.36. The van der Waals surface area contributed by atoms with Crippen molar-refractivity contribution in [2.45, 2.75) is 44.2 Å². The number of morpholine rings is 1. The van der Waals surface area contributed by atoms with Crippen molar-refractivity contribution in [2.75, 3.05) is 19.8 Å². The molecule has 1 amide bonds. The van der Waals surface area contributed by atoms with Gasteiger partial charge in [0.25, 0.3) is 0 Å². The van der Waals surface area contributed by atoms with Crippen LogP contribution in [-0.2, 0) is 9.53 Å². The fraction of sp³-hybridized carbons (Fsp3) is 0.611. The van der Waals surface area contributed by atoms with E-state index in [0.717, 1.165) is 23.7 Å². The topological polar surface area (TPSA) is 50.4 Å². The molecule has 1 saturated heterocycles. The van der Waals surface area contributed by atoms with Crippen molar-refractivity contribution in [3.05, 3.63) is 34.9 Å². The highest BCUT2D eigenvalue weighted by molar-refractivity contribution is 6.30. The maximum atomic E-state index is 12.5. The van der Waals surface area contributed by atoms with Crippen LogP contribution in [0.4, 0.5) is 0 Å². The Hall–Kier alpha value is -0.810. The molecule has 1 heterocycles. The second-order valence-corrected chi connectivity index (χ2v) is 7.01. The molecule has 3 rings (SSSR count). The van der Waals surface area contributed by atoms with Gasteiger partial charge in [-0.05, 0) is 36.5 Å². The molecule has 1 aromatic rings. The van der Waals surface area contributed by atoms with Crippen molar-refractivity contribution in [2.24, 2.45) is 5.92 Å². The van der Waals surface area contributed by atoms with Crippen LogP contribution in [0, 0.1) is 5.92 Å². The Morgan fingerprint density at radius 3 is 2.62 bits per heavy atom. The highest BCUT2D eigenvalue weighted by Gasteiger charge is 2.28. The number of halogens is 2.